The number of aromatic nitrogens is 4. The fourth-order valence-electron chi connectivity index (χ4n) is 1.70. The molecule has 3 aromatic rings. The summed E-state index contributed by atoms with van der Waals surface area (Å²) in [6, 6.07) is 3.05. The summed E-state index contributed by atoms with van der Waals surface area (Å²) in [6.45, 7) is 0.208. The molecule has 106 valence electrons. The zero-order chi connectivity index (χ0) is 14.7. The first-order valence-electron chi connectivity index (χ1n) is 6.05. The SMILES string of the molecule is O=C(NCc1cn(-c2ccsc2)nn1)c1cncc(F)c1. The van der Waals surface area contributed by atoms with Gasteiger partial charge in [-0.2, -0.15) is 11.3 Å². The summed E-state index contributed by atoms with van der Waals surface area (Å²) < 4.78 is 14.6. The maximum atomic E-state index is 13.0. The summed E-state index contributed by atoms with van der Waals surface area (Å²) in [5.74, 6) is -0.960. The highest BCUT2D eigenvalue weighted by molar-refractivity contribution is 7.08. The number of carbonyl (C=O) groups is 1. The maximum Gasteiger partial charge on any atom is 0.253 e. The van der Waals surface area contributed by atoms with Crippen LogP contribution in [-0.4, -0.2) is 25.9 Å². The standard InChI is InChI=1S/C13H10FN5OS/c14-10-3-9(4-15-5-10)13(20)16-6-11-7-19(18-17-11)12-1-2-21-8-12/h1-5,7-8H,6H2,(H,16,20). The van der Waals surface area contributed by atoms with Gasteiger partial charge < -0.3 is 5.32 Å². The lowest BCUT2D eigenvalue weighted by Gasteiger charge is -2.02. The molecular formula is C13H10FN5OS. The minimum atomic E-state index is -0.550. The Hall–Kier alpha value is -2.61. The molecular weight excluding hydrogens is 293 g/mol. The van der Waals surface area contributed by atoms with E-state index in [-0.39, 0.29) is 12.1 Å². The Kier molecular flexibility index (Phi) is 3.69. The Morgan fingerprint density at radius 3 is 3.10 bits per heavy atom. The Balaban J connectivity index is 1.64. The number of carbonyl (C=O) groups excluding carboxylic acids is 1. The van der Waals surface area contributed by atoms with Gasteiger partial charge in [-0.15, -0.1) is 5.10 Å². The Morgan fingerprint density at radius 1 is 1.43 bits per heavy atom. The summed E-state index contributed by atoms with van der Waals surface area (Å²) in [7, 11) is 0. The normalized spacial score (nSPS) is 10.5. The maximum absolute atomic E-state index is 13.0. The van der Waals surface area contributed by atoms with Crippen molar-refractivity contribution in [3.05, 3.63) is 58.6 Å². The predicted molar refractivity (Wildman–Crippen MR) is 74.6 cm³/mol. The van der Waals surface area contributed by atoms with Gasteiger partial charge in [0.1, 0.15) is 11.5 Å². The first-order valence-corrected chi connectivity index (χ1v) is 6.99. The molecule has 0 bridgehead atoms. The average Bonchev–Trinajstić information content (AvgIpc) is 3.15. The molecule has 3 aromatic heterocycles. The van der Waals surface area contributed by atoms with Crippen LogP contribution in [0.1, 0.15) is 16.1 Å². The van der Waals surface area contributed by atoms with Crippen molar-refractivity contribution in [3.63, 3.8) is 0 Å². The first kappa shape index (κ1) is 13.4. The van der Waals surface area contributed by atoms with Crippen molar-refractivity contribution in [1.82, 2.24) is 25.3 Å². The Bertz CT molecular complexity index is 756. The van der Waals surface area contributed by atoms with E-state index < -0.39 is 11.7 Å². The minimum Gasteiger partial charge on any atom is -0.346 e. The van der Waals surface area contributed by atoms with Gasteiger partial charge in [-0.1, -0.05) is 5.21 Å². The van der Waals surface area contributed by atoms with Crippen molar-refractivity contribution in [2.75, 3.05) is 0 Å². The summed E-state index contributed by atoms with van der Waals surface area (Å²) in [4.78, 5) is 15.5. The van der Waals surface area contributed by atoms with E-state index in [1.54, 1.807) is 22.2 Å². The molecule has 8 heteroatoms. The van der Waals surface area contributed by atoms with E-state index in [1.165, 1.54) is 6.20 Å². The van der Waals surface area contributed by atoms with Crippen molar-refractivity contribution < 1.29 is 9.18 Å². The molecule has 1 amide bonds. The summed E-state index contributed by atoms with van der Waals surface area (Å²) in [6.07, 6.45) is 4.08. The number of nitrogens with one attached hydrogen (secondary N) is 1. The van der Waals surface area contributed by atoms with Gasteiger partial charge in [0.05, 0.1) is 30.2 Å². The molecule has 0 saturated heterocycles. The largest absolute Gasteiger partial charge is 0.346 e. The smallest absolute Gasteiger partial charge is 0.253 e. The zero-order valence-electron chi connectivity index (χ0n) is 10.7. The summed E-state index contributed by atoms with van der Waals surface area (Å²) >= 11 is 1.56. The van der Waals surface area contributed by atoms with Gasteiger partial charge in [0.25, 0.3) is 5.91 Å². The fraction of sp³-hybridized carbons (Fsp3) is 0.0769. The third kappa shape index (κ3) is 3.11. The number of thiophene rings is 1. The van der Waals surface area contributed by atoms with Crippen LogP contribution in [0, 0.1) is 5.82 Å². The lowest BCUT2D eigenvalue weighted by Crippen LogP contribution is -2.23. The van der Waals surface area contributed by atoms with E-state index >= 15 is 0 Å². The lowest BCUT2D eigenvalue weighted by molar-refractivity contribution is 0.0949. The van der Waals surface area contributed by atoms with Crippen molar-refractivity contribution >= 4 is 17.2 Å². The summed E-state index contributed by atoms with van der Waals surface area (Å²) in [5, 5.41) is 14.5. The number of nitrogens with zero attached hydrogens (tertiary/aromatic N) is 4. The van der Waals surface area contributed by atoms with Gasteiger partial charge >= 0.3 is 0 Å². The van der Waals surface area contributed by atoms with Gasteiger partial charge in [0.2, 0.25) is 0 Å². The number of rotatable bonds is 4. The Labute approximate surface area is 123 Å². The fourth-order valence-corrected chi connectivity index (χ4v) is 2.32. The highest BCUT2D eigenvalue weighted by Gasteiger charge is 2.09. The van der Waals surface area contributed by atoms with Gasteiger partial charge in [-0.3, -0.25) is 9.78 Å². The van der Waals surface area contributed by atoms with Crippen molar-refractivity contribution in [2.45, 2.75) is 6.54 Å². The van der Waals surface area contributed by atoms with Crippen molar-refractivity contribution in [2.24, 2.45) is 0 Å². The molecule has 21 heavy (non-hydrogen) atoms. The third-order valence-electron chi connectivity index (χ3n) is 2.71. The van der Waals surface area contributed by atoms with Crippen LogP contribution in [0.25, 0.3) is 5.69 Å². The van der Waals surface area contributed by atoms with Crippen LogP contribution in [0.4, 0.5) is 4.39 Å². The molecule has 0 aliphatic rings. The molecule has 0 aliphatic heterocycles. The quantitative estimate of drug-likeness (QED) is 0.797. The number of amides is 1. The molecule has 0 unspecified atom stereocenters. The van der Waals surface area contributed by atoms with Crippen LogP contribution < -0.4 is 5.32 Å². The Morgan fingerprint density at radius 2 is 2.33 bits per heavy atom. The molecule has 0 radical (unpaired) electrons. The monoisotopic (exact) mass is 303 g/mol. The molecule has 1 N–H and O–H groups in total. The third-order valence-corrected chi connectivity index (χ3v) is 3.38. The van der Waals surface area contributed by atoms with E-state index in [1.807, 2.05) is 16.8 Å². The zero-order valence-corrected chi connectivity index (χ0v) is 11.5. The van der Waals surface area contributed by atoms with Crippen LogP contribution in [-0.2, 0) is 6.54 Å². The average molecular weight is 303 g/mol. The van der Waals surface area contributed by atoms with Crippen LogP contribution in [0.3, 0.4) is 0 Å². The number of halogens is 1. The molecule has 0 atom stereocenters. The van der Waals surface area contributed by atoms with Gasteiger partial charge in [-0.25, -0.2) is 9.07 Å². The molecule has 3 rings (SSSR count). The predicted octanol–water partition coefficient (Wildman–Crippen LogP) is 1.79. The molecule has 0 fully saturated rings. The second-order valence-electron chi connectivity index (χ2n) is 4.21. The van der Waals surface area contributed by atoms with E-state index in [0.29, 0.717) is 5.69 Å². The summed E-state index contributed by atoms with van der Waals surface area (Å²) in [5.41, 5.74) is 1.69. The highest BCUT2D eigenvalue weighted by Crippen LogP contribution is 2.11. The van der Waals surface area contributed by atoms with Crippen LogP contribution in [0.5, 0.6) is 0 Å². The second-order valence-corrected chi connectivity index (χ2v) is 4.99. The first-order chi connectivity index (χ1) is 10.2. The minimum absolute atomic E-state index is 0.167. The van der Waals surface area contributed by atoms with Gasteiger partial charge in [0.15, 0.2) is 0 Å². The van der Waals surface area contributed by atoms with Crippen LogP contribution in [0.2, 0.25) is 0 Å². The van der Waals surface area contributed by atoms with E-state index in [4.69, 9.17) is 0 Å². The molecule has 3 heterocycles. The van der Waals surface area contributed by atoms with Crippen molar-refractivity contribution in [1.29, 1.82) is 0 Å². The van der Waals surface area contributed by atoms with Crippen molar-refractivity contribution in [3.8, 4) is 5.69 Å². The molecule has 0 aliphatic carbocycles. The topological polar surface area (TPSA) is 72.7 Å². The number of pyridine rings is 1. The van der Waals surface area contributed by atoms with E-state index in [9.17, 15) is 9.18 Å². The van der Waals surface area contributed by atoms with Gasteiger partial charge in [-0.05, 0) is 17.5 Å². The lowest BCUT2D eigenvalue weighted by atomic mass is 10.2. The molecule has 6 nitrogen and oxygen atoms in total. The van der Waals surface area contributed by atoms with Crippen LogP contribution >= 0.6 is 11.3 Å². The van der Waals surface area contributed by atoms with E-state index in [0.717, 1.165) is 18.0 Å². The van der Waals surface area contributed by atoms with Gasteiger partial charge in [0, 0.05) is 11.6 Å². The number of hydrogen-bond acceptors (Lipinski definition) is 5. The molecule has 0 aromatic carbocycles. The molecule has 0 spiro atoms. The number of hydrogen-bond donors (Lipinski definition) is 1. The van der Waals surface area contributed by atoms with Crippen LogP contribution in [0.15, 0.2) is 41.5 Å². The second kappa shape index (κ2) is 5.80. The van der Waals surface area contributed by atoms with E-state index in [2.05, 4.69) is 20.6 Å². The molecule has 0 saturated carbocycles. The highest BCUT2D eigenvalue weighted by atomic mass is 32.1.